The first-order valence-corrected chi connectivity index (χ1v) is 16.8. The number of urea groups is 1. The lowest BCUT2D eigenvalue weighted by Crippen LogP contribution is -2.45. The normalized spacial score (nSPS) is 14.9. The van der Waals surface area contributed by atoms with Crippen molar-refractivity contribution in [3.63, 3.8) is 0 Å². The summed E-state index contributed by atoms with van der Waals surface area (Å²) in [5.74, 6) is 0.880. The molecule has 0 unspecified atom stereocenters. The summed E-state index contributed by atoms with van der Waals surface area (Å²) >= 11 is 12.1. The molecule has 4 aromatic rings. The quantitative estimate of drug-likeness (QED) is 0.0497. The van der Waals surface area contributed by atoms with E-state index in [1.54, 1.807) is 43.5 Å². The Balaban J connectivity index is 1.19. The van der Waals surface area contributed by atoms with Crippen LogP contribution in [0.5, 0.6) is 17.2 Å². The average molecular weight is 737 g/mol. The number of hydrogen-bond acceptors (Lipinski definition) is 9. The van der Waals surface area contributed by atoms with Gasteiger partial charge in [0.15, 0.2) is 17.7 Å². The number of allylic oxidation sites excluding steroid dienone is 1. The maximum Gasteiger partial charge on any atom is 0.337 e. The molecule has 1 aromatic heterocycles. The molecule has 14 heteroatoms. The Labute approximate surface area is 305 Å². The van der Waals surface area contributed by atoms with Crippen molar-refractivity contribution in [1.82, 2.24) is 20.6 Å². The number of aryl methyl sites for hydroxylation is 1. The van der Waals surface area contributed by atoms with E-state index in [1.807, 2.05) is 57.2 Å². The second kappa shape index (κ2) is 16.7. The number of methoxy groups -OCH3 is 1. The number of aliphatic hydroxyl groups excluding tert-OH is 1. The second-order valence-electron chi connectivity index (χ2n) is 11.6. The van der Waals surface area contributed by atoms with Crippen LogP contribution in [-0.2, 0) is 16.1 Å². The second-order valence-corrected chi connectivity index (χ2v) is 12.4. The lowest BCUT2D eigenvalue weighted by molar-refractivity contribution is -0.136. The van der Waals surface area contributed by atoms with E-state index in [1.165, 1.54) is 7.11 Å². The van der Waals surface area contributed by atoms with E-state index >= 15 is 0 Å². The van der Waals surface area contributed by atoms with E-state index in [0.717, 1.165) is 28.2 Å². The number of nitrogens with zero attached hydrogens (tertiary/aromatic N) is 2. The Morgan fingerprint density at radius 1 is 1.00 bits per heavy atom. The van der Waals surface area contributed by atoms with Crippen LogP contribution >= 0.6 is 23.2 Å². The zero-order valence-corrected chi connectivity index (χ0v) is 30.3. The summed E-state index contributed by atoms with van der Waals surface area (Å²) in [5, 5.41) is 21.2. The lowest BCUT2D eigenvalue weighted by atomic mass is 9.95. The van der Waals surface area contributed by atoms with Crippen molar-refractivity contribution in [1.29, 1.82) is 0 Å². The van der Waals surface area contributed by atoms with Crippen molar-refractivity contribution < 1.29 is 33.6 Å². The van der Waals surface area contributed by atoms with Crippen LogP contribution in [0.2, 0.25) is 10.0 Å². The molecule has 268 valence electrons. The van der Waals surface area contributed by atoms with E-state index in [4.69, 9.17) is 42.1 Å². The van der Waals surface area contributed by atoms with Gasteiger partial charge in [-0.3, -0.25) is 5.43 Å². The maximum absolute atomic E-state index is 12.5. The van der Waals surface area contributed by atoms with Crippen molar-refractivity contribution in [2.24, 2.45) is 5.10 Å². The largest absolute Gasteiger partial charge is 0.490 e. The van der Waals surface area contributed by atoms with Gasteiger partial charge in [-0.05, 0) is 93.4 Å². The van der Waals surface area contributed by atoms with Crippen molar-refractivity contribution in [2.45, 2.75) is 46.6 Å². The number of esters is 1. The van der Waals surface area contributed by atoms with Crippen LogP contribution in [0.15, 0.2) is 83.1 Å². The molecule has 51 heavy (non-hydrogen) atoms. The molecule has 0 aliphatic carbocycles. The molecule has 4 N–H and O–H groups in total. The van der Waals surface area contributed by atoms with E-state index in [0.29, 0.717) is 51.8 Å². The number of amides is 2. The number of benzene rings is 3. The van der Waals surface area contributed by atoms with Gasteiger partial charge in [-0.15, -0.1) is 0 Å². The standard InChI is InChI=1S/C37H39Cl2N5O7/c1-6-49-32-17-25(35-34(36(46)48-5)22(3)41-37(47)42-35)8-14-31(32)51-20-33(45)43-40-18-26-15-21(2)44(23(26)4)27-9-11-28(12-10-27)50-19-24-7-13-29(38)30(39)16-24/h7-18,33,35,43,45H,6,19-20H2,1-5H3,(H2,41,42,47)/b40-18+/t33-,35+/m1/s1. The summed E-state index contributed by atoms with van der Waals surface area (Å²) in [6.45, 7) is 7.99. The molecule has 1 aliphatic heterocycles. The van der Waals surface area contributed by atoms with E-state index in [-0.39, 0.29) is 12.2 Å². The van der Waals surface area contributed by atoms with Gasteiger partial charge in [0.1, 0.15) is 19.0 Å². The third-order valence-corrected chi connectivity index (χ3v) is 8.79. The van der Waals surface area contributed by atoms with Crippen molar-refractivity contribution in [2.75, 3.05) is 20.3 Å². The highest BCUT2D eigenvalue weighted by atomic mass is 35.5. The molecular formula is C37H39Cl2N5O7. The van der Waals surface area contributed by atoms with Crippen LogP contribution in [0, 0.1) is 13.8 Å². The molecule has 0 saturated heterocycles. The van der Waals surface area contributed by atoms with Crippen LogP contribution in [0.25, 0.3) is 5.69 Å². The fourth-order valence-electron chi connectivity index (χ4n) is 5.62. The number of carbonyl (C=O) groups excluding carboxylic acids is 2. The topological polar surface area (TPSA) is 145 Å². The summed E-state index contributed by atoms with van der Waals surface area (Å²) in [6, 6.07) is 19.0. The highest BCUT2D eigenvalue weighted by Gasteiger charge is 2.32. The Kier molecular flexibility index (Phi) is 12.1. The molecular weight excluding hydrogens is 697 g/mol. The molecule has 1 aliphatic rings. The molecule has 0 radical (unpaired) electrons. The van der Waals surface area contributed by atoms with Crippen molar-refractivity contribution in [3.8, 4) is 22.9 Å². The number of aromatic nitrogens is 1. The predicted molar refractivity (Wildman–Crippen MR) is 195 cm³/mol. The van der Waals surface area contributed by atoms with E-state index < -0.39 is 24.3 Å². The van der Waals surface area contributed by atoms with Crippen LogP contribution in [-0.4, -0.2) is 54.4 Å². The summed E-state index contributed by atoms with van der Waals surface area (Å²) in [5.41, 5.74) is 8.64. The SMILES string of the molecule is CCOc1cc([C@@H]2NC(=O)NC(C)=C2C(=O)OC)ccc1OC[C@@H](O)N/N=C/c1cc(C)n(-c2ccc(OCc3ccc(Cl)c(Cl)c3)cc2)c1C. The first-order valence-electron chi connectivity index (χ1n) is 16.1. The molecule has 0 spiro atoms. The van der Waals surface area contributed by atoms with Crippen LogP contribution < -0.4 is 30.3 Å². The first kappa shape index (κ1) is 37.1. The molecule has 0 saturated carbocycles. The summed E-state index contributed by atoms with van der Waals surface area (Å²) < 4.78 is 24.6. The highest BCUT2D eigenvalue weighted by Crippen LogP contribution is 2.35. The minimum atomic E-state index is -1.14. The van der Waals surface area contributed by atoms with Gasteiger partial charge in [-0.1, -0.05) is 35.3 Å². The molecule has 3 aromatic carbocycles. The van der Waals surface area contributed by atoms with Gasteiger partial charge in [-0.25, -0.2) is 9.59 Å². The molecule has 5 rings (SSSR count). The number of rotatable bonds is 14. The Morgan fingerprint density at radius 3 is 2.47 bits per heavy atom. The van der Waals surface area contributed by atoms with Crippen LogP contribution in [0.4, 0.5) is 4.79 Å². The number of ether oxygens (including phenoxy) is 4. The van der Waals surface area contributed by atoms with Gasteiger partial charge in [0.2, 0.25) is 0 Å². The van der Waals surface area contributed by atoms with Crippen LogP contribution in [0.1, 0.15) is 48.0 Å². The Morgan fingerprint density at radius 2 is 1.76 bits per heavy atom. The van der Waals surface area contributed by atoms with Crippen molar-refractivity contribution in [3.05, 3.63) is 116 Å². The average Bonchev–Trinajstić information content (AvgIpc) is 3.39. The van der Waals surface area contributed by atoms with Crippen molar-refractivity contribution >= 4 is 41.4 Å². The summed E-state index contributed by atoms with van der Waals surface area (Å²) in [7, 11) is 1.28. The van der Waals surface area contributed by atoms with Crippen LogP contribution in [0.3, 0.4) is 0 Å². The van der Waals surface area contributed by atoms with Gasteiger partial charge in [0.05, 0.1) is 41.6 Å². The van der Waals surface area contributed by atoms with Gasteiger partial charge in [-0.2, -0.15) is 5.10 Å². The van der Waals surface area contributed by atoms with Gasteiger partial charge < -0.3 is 39.3 Å². The monoisotopic (exact) mass is 735 g/mol. The highest BCUT2D eigenvalue weighted by molar-refractivity contribution is 6.42. The summed E-state index contributed by atoms with van der Waals surface area (Å²) in [6.07, 6.45) is 0.495. The van der Waals surface area contributed by atoms with Gasteiger partial charge in [0.25, 0.3) is 0 Å². The molecule has 2 atom stereocenters. The molecule has 0 bridgehead atoms. The fourth-order valence-corrected chi connectivity index (χ4v) is 5.94. The van der Waals surface area contributed by atoms with Gasteiger partial charge >= 0.3 is 12.0 Å². The number of carbonyl (C=O) groups is 2. The van der Waals surface area contributed by atoms with E-state index in [2.05, 4.69) is 25.7 Å². The summed E-state index contributed by atoms with van der Waals surface area (Å²) in [4.78, 5) is 24.7. The molecule has 0 fully saturated rings. The third-order valence-electron chi connectivity index (χ3n) is 8.05. The number of nitrogens with one attached hydrogen (secondary N) is 3. The third kappa shape index (κ3) is 8.95. The first-order chi connectivity index (χ1) is 24.5. The minimum Gasteiger partial charge on any atom is -0.490 e. The Hall–Kier alpha value is -5.17. The smallest absolute Gasteiger partial charge is 0.337 e. The molecule has 12 nitrogen and oxygen atoms in total. The number of halogens is 2. The minimum absolute atomic E-state index is 0.147. The zero-order valence-electron chi connectivity index (χ0n) is 28.8. The maximum atomic E-state index is 12.5. The molecule has 2 heterocycles. The predicted octanol–water partition coefficient (Wildman–Crippen LogP) is 6.50. The van der Waals surface area contributed by atoms with E-state index in [9.17, 15) is 14.7 Å². The number of hydrazone groups is 1. The zero-order chi connectivity index (χ0) is 36.7. The van der Waals surface area contributed by atoms with Gasteiger partial charge in [0, 0.05) is 28.3 Å². The fraction of sp³-hybridized carbons (Fsp3) is 0.270. The number of aliphatic hydroxyl groups is 1. The lowest BCUT2D eigenvalue weighted by Gasteiger charge is -2.28. The Bertz CT molecular complexity index is 1960. The molecule has 2 amide bonds. The number of hydrogen-bond donors (Lipinski definition) is 4.